The van der Waals surface area contributed by atoms with Crippen LogP contribution in [0.3, 0.4) is 0 Å². The topological polar surface area (TPSA) is 71.2 Å². The summed E-state index contributed by atoms with van der Waals surface area (Å²) in [7, 11) is 1.74. The molecule has 0 aliphatic carbocycles. The van der Waals surface area contributed by atoms with Gasteiger partial charge in [-0.2, -0.15) is 0 Å². The van der Waals surface area contributed by atoms with Gasteiger partial charge in [-0.3, -0.25) is 4.79 Å². The number of nitrogens with zero attached hydrogens (tertiary/aromatic N) is 2. The molecule has 1 aromatic heterocycles. The van der Waals surface area contributed by atoms with E-state index < -0.39 is 0 Å². The first-order valence-corrected chi connectivity index (χ1v) is 7.19. The maximum Gasteiger partial charge on any atom is 0.272 e. The molecule has 0 radical (unpaired) electrons. The van der Waals surface area contributed by atoms with Crippen molar-refractivity contribution in [3.63, 3.8) is 0 Å². The van der Waals surface area contributed by atoms with Crippen molar-refractivity contribution >= 4 is 33.9 Å². The standard InChI is InChI=1S/C14H18N4OS/c1-4-16-14-17-12(15)11(20-14)13(19)18(3)10-7-5-6-9(2)8-10/h5-8H,4,15H2,1-3H3,(H,16,17). The molecule has 0 saturated heterocycles. The lowest BCUT2D eigenvalue weighted by atomic mass is 10.2. The zero-order chi connectivity index (χ0) is 14.7. The Kier molecular flexibility index (Phi) is 4.24. The number of amides is 1. The van der Waals surface area contributed by atoms with E-state index in [1.807, 2.05) is 38.1 Å². The van der Waals surface area contributed by atoms with Crippen molar-refractivity contribution in [2.24, 2.45) is 0 Å². The molecule has 0 bridgehead atoms. The number of carbonyl (C=O) groups excluding carboxylic acids is 1. The van der Waals surface area contributed by atoms with Gasteiger partial charge in [0, 0.05) is 19.3 Å². The fourth-order valence-corrected chi connectivity index (χ4v) is 2.75. The predicted molar refractivity (Wildman–Crippen MR) is 84.6 cm³/mol. The average molecular weight is 290 g/mol. The number of aryl methyl sites for hydroxylation is 1. The van der Waals surface area contributed by atoms with Gasteiger partial charge in [-0.1, -0.05) is 23.5 Å². The van der Waals surface area contributed by atoms with Crippen LogP contribution >= 0.6 is 11.3 Å². The zero-order valence-corrected chi connectivity index (χ0v) is 12.6. The van der Waals surface area contributed by atoms with Crippen LogP contribution in [0, 0.1) is 6.92 Å². The van der Waals surface area contributed by atoms with Crippen LogP contribution in [0.25, 0.3) is 0 Å². The number of nitrogen functional groups attached to an aromatic ring is 1. The van der Waals surface area contributed by atoms with Crippen LogP contribution < -0.4 is 16.0 Å². The molecular weight excluding hydrogens is 272 g/mol. The highest BCUT2D eigenvalue weighted by atomic mass is 32.1. The number of aromatic nitrogens is 1. The molecule has 0 unspecified atom stereocenters. The Morgan fingerprint density at radius 1 is 1.50 bits per heavy atom. The third-order valence-electron chi connectivity index (χ3n) is 2.87. The fraction of sp³-hybridized carbons (Fsp3) is 0.286. The molecule has 2 aromatic rings. The van der Waals surface area contributed by atoms with Gasteiger partial charge < -0.3 is 16.0 Å². The van der Waals surface area contributed by atoms with Crippen LogP contribution in [0.5, 0.6) is 0 Å². The summed E-state index contributed by atoms with van der Waals surface area (Å²) in [5.74, 6) is 0.130. The number of carbonyl (C=O) groups is 1. The molecule has 0 aliphatic rings. The molecule has 5 nitrogen and oxygen atoms in total. The van der Waals surface area contributed by atoms with Gasteiger partial charge in [-0.15, -0.1) is 0 Å². The number of hydrogen-bond donors (Lipinski definition) is 2. The van der Waals surface area contributed by atoms with E-state index in [4.69, 9.17) is 5.73 Å². The Morgan fingerprint density at radius 3 is 2.90 bits per heavy atom. The van der Waals surface area contributed by atoms with Gasteiger partial charge in [0.25, 0.3) is 5.91 Å². The minimum absolute atomic E-state index is 0.144. The molecule has 6 heteroatoms. The van der Waals surface area contributed by atoms with Crippen molar-refractivity contribution in [1.82, 2.24) is 4.98 Å². The van der Waals surface area contributed by atoms with Crippen LogP contribution in [0.15, 0.2) is 24.3 Å². The Bertz CT molecular complexity index is 623. The quantitative estimate of drug-likeness (QED) is 0.908. The molecule has 20 heavy (non-hydrogen) atoms. The lowest BCUT2D eigenvalue weighted by Crippen LogP contribution is -2.26. The third kappa shape index (κ3) is 2.91. The number of nitrogens with one attached hydrogen (secondary N) is 1. The summed E-state index contributed by atoms with van der Waals surface area (Å²) < 4.78 is 0. The first kappa shape index (κ1) is 14.3. The number of benzene rings is 1. The van der Waals surface area contributed by atoms with E-state index in [1.165, 1.54) is 11.3 Å². The number of thiazole rings is 1. The van der Waals surface area contributed by atoms with Crippen LogP contribution in [-0.2, 0) is 0 Å². The summed E-state index contributed by atoms with van der Waals surface area (Å²) >= 11 is 1.28. The molecule has 1 amide bonds. The third-order valence-corrected chi connectivity index (χ3v) is 3.89. The van der Waals surface area contributed by atoms with Crippen molar-refractivity contribution in [1.29, 1.82) is 0 Å². The normalized spacial score (nSPS) is 10.3. The molecule has 0 fully saturated rings. The molecule has 0 aliphatic heterocycles. The Morgan fingerprint density at radius 2 is 2.25 bits per heavy atom. The largest absolute Gasteiger partial charge is 0.382 e. The SMILES string of the molecule is CCNc1nc(N)c(C(=O)N(C)c2cccc(C)c2)s1. The van der Waals surface area contributed by atoms with E-state index in [0.717, 1.165) is 17.8 Å². The molecule has 2 rings (SSSR count). The van der Waals surface area contributed by atoms with Crippen LogP contribution in [0.2, 0.25) is 0 Å². The van der Waals surface area contributed by atoms with Crippen LogP contribution in [-0.4, -0.2) is 24.5 Å². The molecule has 3 N–H and O–H groups in total. The highest BCUT2D eigenvalue weighted by molar-refractivity contribution is 7.18. The van der Waals surface area contributed by atoms with Gasteiger partial charge >= 0.3 is 0 Å². The van der Waals surface area contributed by atoms with Crippen molar-refractivity contribution in [2.75, 3.05) is 29.5 Å². The highest BCUT2D eigenvalue weighted by Crippen LogP contribution is 2.27. The highest BCUT2D eigenvalue weighted by Gasteiger charge is 2.20. The maximum absolute atomic E-state index is 12.5. The van der Waals surface area contributed by atoms with Gasteiger partial charge in [0.2, 0.25) is 0 Å². The molecule has 0 saturated carbocycles. The van der Waals surface area contributed by atoms with Gasteiger partial charge in [0.05, 0.1) is 0 Å². The number of nitrogens with two attached hydrogens (primary N) is 1. The second kappa shape index (κ2) is 5.92. The summed E-state index contributed by atoms with van der Waals surface area (Å²) in [6.45, 7) is 4.71. The lowest BCUT2D eigenvalue weighted by Gasteiger charge is -2.16. The molecular formula is C14H18N4OS. The van der Waals surface area contributed by atoms with Gasteiger partial charge in [0.15, 0.2) is 5.13 Å². The summed E-state index contributed by atoms with van der Waals surface area (Å²) in [6, 6.07) is 7.77. The predicted octanol–water partition coefficient (Wildman–Crippen LogP) is 2.74. The summed E-state index contributed by atoms with van der Waals surface area (Å²) in [5.41, 5.74) is 7.78. The van der Waals surface area contributed by atoms with Crippen molar-refractivity contribution < 1.29 is 4.79 Å². The van der Waals surface area contributed by atoms with Gasteiger partial charge in [0.1, 0.15) is 10.7 Å². The summed E-state index contributed by atoms with van der Waals surface area (Å²) in [5, 5.41) is 3.74. The summed E-state index contributed by atoms with van der Waals surface area (Å²) in [4.78, 5) is 18.7. The Hall–Kier alpha value is -2.08. The van der Waals surface area contributed by atoms with E-state index in [1.54, 1.807) is 11.9 Å². The van der Waals surface area contributed by atoms with Crippen LogP contribution in [0.1, 0.15) is 22.2 Å². The number of hydrogen-bond acceptors (Lipinski definition) is 5. The zero-order valence-electron chi connectivity index (χ0n) is 11.8. The van der Waals surface area contributed by atoms with Crippen molar-refractivity contribution in [3.05, 3.63) is 34.7 Å². The maximum atomic E-state index is 12.5. The molecule has 1 heterocycles. The van der Waals surface area contributed by atoms with Crippen molar-refractivity contribution in [2.45, 2.75) is 13.8 Å². The molecule has 0 spiro atoms. The van der Waals surface area contributed by atoms with Gasteiger partial charge in [-0.25, -0.2) is 4.98 Å². The lowest BCUT2D eigenvalue weighted by molar-refractivity contribution is 0.0997. The Labute approximate surface area is 122 Å². The number of rotatable bonds is 4. The average Bonchev–Trinajstić information content (AvgIpc) is 2.78. The van der Waals surface area contributed by atoms with Crippen LogP contribution in [0.4, 0.5) is 16.6 Å². The smallest absolute Gasteiger partial charge is 0.272 e. The number of anilines is 3. The van der Waals surface area contributed by atoms with E-state index in [-0.39, 0.29) is 11.7 Å². The summed E-state index contributed by atoms with van der Waals surface area (Å²) in [6.07, 6.45) is 0. The monoisotopic (exact) mass is 290 g/mol. The second-order valence-electron chi connectivity index (χ2n) is 4.47. The molecule has 106 valence electrons. The van der Waals surface area contributed by atoms with E-state index >= 15 is 0 Å². The van der Waals surface area contributed by atoms with Crippen molar-refractivity contribution in [3.8, 4) is 0 Å². The van der Waals surface area contributed by atoms with Gasteiger partial charge in [-0.05, 0) is 31.5 Å². The molecule has 1 aromatic carbocycles. The Balaban J connectivity index is 2.26. The molecule has 0 atom stereocenters. The van der Waals surface area contributed by atoms with E-state index in [9.17, 15) is 4.79 Å². The van der Waals surface area contributed by atoms with E-state index in [2.05, 4.69) is 10.3 Å². The first-order chi connectivity index (χ1) is 9.52. The minimum atomic E-state index is -0.144. The fourth-order valence-electron chi connectivity index (χ4n) is 1.82. The van der Waals surface area contributed by atoms with E-state index in [0.29, 0.717) is 10.0 Å². The minimum Gasteiger partial charge on any atom is -0.382 e. The second-order valence-corrected chi connectivity index (χ2v) is 5.47. The first-order valence-electron chi connectivity index (χ1n) is 6.37.